The molecule has 0 aliphatic carbocycles. The fourth-order valence-electron chi connectivity index (χ4n) is 6.44. The van der Waals surface area contributed by atoms with Crippen LogP contribution in [0.1, 0.15) is 58.1 Å². The van der Waals surface area contributed by atoms with Gasteiger partial charge >= 0.3 is 6.09 Å². The van der Waals surface area contributed by atoms with Gasteiger partial charge in [-0.2, -0.15) is 22.3 Å². The van der Waals surface area contributed by atoms with Crippen molar-refractivity contribution in [3.63, 3.8) is 0 Å². The molecule has 1 aromatic rings. The number of nitriles is 1. The van der Waals surface area contributed by atoms with Crippen molar-refractivity contribution in [3.05, 3.63) is 34.4 Å². The predicted octanol–water partition coefficient (Wildman–Crippen LogP) is 3.05. The maximum Gasteiger partial charge on any atom is 0.410 e. The van der Waals surface area contributed by atoms with Crippen LogP contribution in [-0.2, 0) is 24.5 Å². The molecule has 5 rings (SSSR count). The Morgan fingerprint density at radius 3 is 2.35 bits per heavy atom. The molecule has 252 valence electrons. The Balaban J connectivity index is 1.28. The SMILES string of the molecule is CC(C)(C)OC(=O)N1CC([C@@H](NC(=O)[C@H]2CCCN2C(=O)[C@H]2CCCN(S(=O)(=O)N3CC(C#N)C3)C2)c2cc(F)c(Cl)cc2F)C1. The monoisotopic (exact) mass is 684 g/mol. The summed E-state index contributed by atoms with van der Waals surface area (Å²) < 4.78 is 63.8. The minimum atomic E-state index is -3.82. The molecule has 3 atom stereocenters. The predicted molar refractivity (Wildman–Crippen MR) is 162 cm³/mol. The quantitative estimate of drug-likeness (QED) is 0.435. The van der Waals surface area contributed by atoms with Gasteiger partial charge in [0.1, 0.15) is 23.3 Å². The van der Waals surface area contributed by atoms with Crippen molar-refractivity contribution < 1.29 is 36.3 Å². The summed E-state index contributed by atoms with van der Waals surface area (Å²) in [4.78, 5) is 42.9. The van der Waals surface area contributed by atoms with E-state index >= 15 is 4.39 Å². The number of amides is 3. The first kappa shape index (κ1) is 34.3. The van der Waals surface area contributed by atoms with E-state index in [1.807, 2.05) is 0 Å². The summed E-state index contributed by atoms with van der Waals surface area (Å²) in [6.45, 7) is 6.20. The zero-order valence-corrected chi connectivity index (χ0v) is 27.6. The molecule has 0 bridgehead atoms. The third-order valence-corrected chi connectivity index (χ3v) is 11.2. The topological polar surface area (TPSA) is 143 Å². The summed E-state index contributed by atoms with van der Waals surface area (Å²) in [6.07, 6.45) is 1.24. The van der Waals surface area contributed by atoms with Crippen molar-refractivity contribution in [2.45, 2.75) is 64.1 Å². The Morgan fingerprint density at radius 2 is 1.70 bits per heavy atom. The lowest BCUT2D eigenvalue weighted by Gasteiger charge is -2.44. The van der Waals surface area contributed by atoms with Crippen LogP contribution in [0.25, 0.3) is 0 Å². The normalized spacial score (nSPS) is 24.1. The molecule has 0 saturated carbocycles. The number of rotatable bonds is 7. The van der Waals surface area contributed by atoms with E-state index in [1.54, 1.807) is 20.8 Å². The Labute approximate surface area is 272 Å². The zero-order valence-electron chi connectivity index (χ0n) is 26.0. The van der Waals surface area contributed by atoms with Crippen LogP contribution >= 0.6 is 11.6 Å². The van der Waals surface area contributed by atoms with Gasteiger partial charge in [-0.15, -0.1) is 0 Å². The van der Waals surface area contributed by atoms with Gasteiger partial charge < -0.3 is 19.9 Å². The number of piperidine rings is 1. The van der Waals surface area contributed by atoms with Gasteiger partial charge in [0.2, 0.25) is 11.8 Å². The van der Waals surface area contributed by atoms with E-state index in [2.05, 4.69) is 11.4 Å². The second kappa shape index (κ2) is 13.2. The van der Waals surface area contributed by atoms with Crippen molar-refractivity contribution in [1.82, 2.24) is 23.7 Å². The highest BCUT2D eigenvalue weighted by Crippen LogP contribution is 2.35. The number of carbonyl (C=O) groups excluding carboxylic acids is 3. The van der Waals surface area contributed by atoms with Gasteiger partial charge in [0.15, 0.2) is 0 Å². The number of carbonyl (C=O) groups is 3. The number of hydrogen-bond acceptors (Lipinski definition) is 7. The molecule has 0 aromatic heterocycles. The van der Waals surface area contributed by atoms with Crippen molar-refractivity contribution in [2.75, 3.05) is 45.8 Å². The molecule has 46 heavy (non-hydrogen) atoms. The van der Waals surface area contributed by atoms with E-state index < -0.39 is 68.4 Å². The summed E-state index contributed by atoms with van der Waals surface area (Å²) in [5.74, 6) is -4.05. The van der Waals surface area contributed by atoms with Crippen LogP contribution in [0.2, 0.25) is 5.02 Å². The summed E-state index contributed by atoms with van der Waals surface area (Å²) >= 11 is 5.79. The third kappa shape index (κ3) is 7.10. The molecule has 4 aliphatic heterocycles. The number of nitrogens with zero attached hydrogens (tertiary/aromatic N) is 5. The van der Waals surface area contributed by atoms with Gasteiger partial charge in [-0.1, -0.05) is 11.6 Å². The van der Waals surface area contributed by atoms with Crippen molar-refractivity contribution in [1.29, 1.82) is 5.26 Å². The van der Waals surface area contributed by atoms with Crippen molar-refractivity contribution in [3.8, 4) is 6.07 Å². The molecule has 4 heterocycles. The zero-order chi connectivity index (χ0) is 33.6. The molecule has 4 fully saturated rings. The molecule has 4 saturated heterocycles. The highest BCUT2D eigenvalue weighted by Gasteiger charge is 2.46. The maximum atomic E-state index is 15.2. The Kier molecular flexibility index (Phi) is 9.85. The third-order valence-electron chi connectivity index (χ3n) is 8.96. The average molecular weight is 685 g/mol. The number of ether oxygens (including phenoxy) is 1. The van der Waals surface area contributed by atoms with Crippen molar-refractivity contribution >= 4 is 39.7 Å². The highest BCUT2D eigenvalue weighted by atomic mass is 35.5. The van der Waals surface area contributed by atoms with Gasteiger partial charge in [-0.25, -0.2) is 13.6 Å². The van der Waals surface area contributed by atoms with Crippen LogP contribution in [0.4, 0.5) is 13.6 Å². The molecule has 12 nitrogen and oxygen atoms in total. The van der Waals surface area contributed by atoms with E-state index in [0.29, 0.717) is 32.2 Å². The van der Waals surface area contributed by atoms with Gasteiger partial charge in [-0.05, 0) is 58.6 Å². The number of likely N-dealkylation sites (tertiary alicyclic amines) is 2. The average Bonchev–Trinajstić information content (AvgIpc) is 3.42. The van der Waals surface area contributed by atoms with Gasteiger partial charge in [-0.3, -0.25) is 9.59 Å². The second-order valence-electron chi connectivity index (χ2n) is 13.5. The van der Waals surface area contributed by atoms with E-state index in [-0.39, 0.29) is 56.7 Å². The summed E-state index contributed by atoms with van der Waals surface area (Å²) in [5.41, 5.74) is -0.855. The molecule has 1 N–H and O–H groups in total. The lowest BCUT2D eigenvalue weighted by molar-refractivity contribution is -0.143. The van der Waals surface area contributed by atoms with E-state index in [0.717, 1.165) is 12.1 Å². The molecule has 16 heteroatoms. The van der Waals surface area contributed by atoms with Gasteiger partial charge in [0, 0.05) is 57.3 Å². The molecule has 4 aliphatic rings. The Morgan fingerprint density at radius 1 is 1.02 bits per heavy atom. The van der Waals surface area contributed by atoms with Crippen LogP contribution in [0.15, 0.2) is 12.1 Å². The first-order valence-corrected chi connectivity index (χ1v) is 17.2. The van der Waals surface area contributed by atoms with Crippen LogP contribution in [0.3, 0.4) is 0 Å². The standard InChI is InChI=1S/C30H39ClF2N6O6S/c1-30(2,3)45-29(42)36-15-20(16-36)26(21-10-24(33)22(31)11-23(21)32)35-27(40)25-7-5-9-39(25)28(41)19-6-4-8-37(17-19)46(43,44)38-13-18(12-34)14-38/h10-11,18-20,25-26H,4-9,13-17H2,1-3H3,(H,35,40)/t19-,25+,26+/m0/s1. The van der Waals surface area contributed by atoms with E-state index in [4.69, 9.17) is 21.6 Å². The second-order valence-corrected chi connectivity index (χ2v) is 15.8. The minimum Gasteiger partial charge on any atom is -0.444 e. The molecular formula is C30H39ClF2N6O6S. The molecule has 0 radical (unpaired) electrons. The van der Waals surface area contributed by atoms with Crippen LogP contribution in [0, 0.1) is 40.7 Å². The van der Waals surface area contributed by atoms with Crippen LogP contribution < -0.4 is 5.32 Å². The number of halogens is 3. The molecule has 3 amide bonds. The lowest BCUT2D eigenvalue weighted by Crippen LogP contribution is -2.58. The van der Waals surface area contributed by atoms with Gasteiger partial charge in [0.05, 0.1) is 29.0 Å². The number of hydrogen-bond donors (Lipinski definition) is 1. The number of benzene rings is 1. The highest BCUT2D eigenvalue weighted by molar-refractivity contribution is 7.86. The molecule has 0 unspecified atom stereocenters. The Hall–Kier alpha value is -3.06. The Bertz CT molecular complexity index is 1520. The van der Waals surface area contributed by atoms with Crippen LogP contribution in [0.5, 0.6) is 0 Å². The first-order chi connectivity index (χ1) is 21.6. The number of nitrogens with one attached hydrogen (secondary N) is 1. The summed E-state index contributed by atoms with van der Waals surface area (Å²) in [7, 11) is -3.82. The molecular weight excluding hydrogens is 646 g/mol. The van der Waals surface area contributed by atoms with Gasteiger partial charge in [0.25, 0.3) is 10.2 Å². The van der Waals surface area contributed by atoms with Crippen molar-refractivity contribution in [2.24, 2.45) is 17.8 Å². The lowest BCUT2D eigenvalue weighted by atomic mass is 9.86. The van der Waals surface area contributed by atoms with E-state index in [9.17, 15) is 27.2 Å². The molecule has 0 spiro atoms. The van der Waals surface area contributed by atoms with Crippen LogP contribution in [-0.4, -0.2) is 102 Å². The first-order valence-electron chi connectivity index (χ1n) is 15.5. The smallest absolute Gasteiger partial charge is 0.410 e. The fourth-order valence-corrected chi connectivity index (χ4v) is 8.38. The minimum absolute atomic E-state index is 0.0276. The summed E-state index contributed by atoms with van der Waals surface area (Å²) in [6, 6.07) is 1.91. The largest absolute Gasteiger partial charge is 0.444 e. The maximum absolute atomic E-state index is 15.2. The fraction of sp³-hybridized carbons (Fsp3) is 0.667. The molecule has 1 aromatic carbocycles. The van der Waals surface area contributed by atoms with E-state index in [1.165, 1.54) is 18.4 Å². The summed E-state index contributed by atoms with van der Waals surface area (Å²) in [5, 5.41) is 11.5.